The zero-order valence-corrected chi connectivity index (χ0v) is 16.5. The topological polar surface area (TPSA) is 76.2 Å². The van der Waals surface area contributed by atoms with E-state index in [1.807, 2.05) is 53.8 Å². The summed E-state index contributed by atoms with van der Waals surface area (Å²) in [6, 6.07) is 11.8. The molecule has 1 aliphatic heterocycles. The van der Waals surface area contributed by atoms with Crippen molar-refractivity contribution < 1.29 is 9.32 Å². The minimum Gasteiger partial charge on any atom is -0.361 e. The Morgan fingerprint density at radius 1 is 1.21 bits per heavy atom. The minimum atomic E-state index is -0.102. The second-order valence-corrected chi connectivity index (χ2v) is 7.43. The summed E-state index contributed by atoms with van der Waals surface area (Å²) in [7, 11) is 0. The van der Waals surface area contributed by atoms with Crippen LogP contribution in [0.3, 0.4) is 0 Å². The normalized spacial score (nSPS) is 16.5. The number of aromatic nitrogens is 3. The first kappa shape index (κ1) is 18.3. The van der Waals surface area contributed by atoms with Crippen molar-refractivity contribution in [2.24, 2.45) is 0 Å². The summed E-state index contributed by atoms with van der Waals surface area (Å²) in [5.74, 6) is 0.764. The molecular formula is C21H25N5O2. The van der Waals surface area contributed by atoms with Gasteiger partial charge in [0.05, 0.1) is 18.3 Å². The molecule has 4 rings (SSSR count). The van der Waals surface area contributed by atoms with Gasteiger partial charge in [0, 0.05) is 24.0 Å². The number of amides is 2. The average Bonchev–Trinajstić information content (AvgIpc) is 3.37. The Morgan fingerprint density at radius 2 is 2.00 bits per heavy atom. The van der Waals surface area contributed by atoms with Crippen molar-refractivity contribution in [2.45, 2.75) is 46.2 Å². The van der Waals surface area contributed by atoms with Gasteiger partial charge in [-0.25, -0.2) is 4.79 Å². The van der Waals surface area contributed by atoms with Crippen LogP contribution in [0.15, 0.2) is 40.9 Å². The van der Waals surface area contributed by atoms with Crippen molar-refractivity contribution >= 4 is 11.7 Å². The van der Waals surface area contributed by atoms with Crippen LogP contribution in [0, 0.1) is 20.8 Å². The maximum absolute atomic E-state index is 12.8. The van der Waals surface area contributed by atoms with E-state index in [4.69, 9.17) is 4.52 Å². The molecule has 1 saturated heterocycles. The number of urea groups is 1. The maximum Gasteiger partial charge on any atom is 0.322 e. The summed E-state index contributed by atoms with van der Waals surface area (Å²) in [5, 5.41) is 11.6. The molecule has 2 aromatic heterocycles. The van der Waals surface area contributed by atoms with Crippen LogP contribution in [-0.4, -0.2) is 32.4 Å². The van der Waals surface area contributed by atoms with E-state index in [-0.39, 0.29) is 12.1 Å². The molecule has 3 heterocycles. The third kappa shape index (κ3) is 3.78. The van der Waals surface area contributed by atoms with E-state index in [1.165, 1.54) is 0 Å². The van der Waals surface area contributed by atoms with Crippen LogP contribution in [0.25, 0.3) is 0 Å². The van der Waals surface area contributed by atoms with Crippen molar-refractivity contribution in [1.29, 1.82) is 0 Å². The molecule has 0 radical (unpaired) electrons. The van der Waals surface area contributed by atoms with Crippen LogP contribution in [0.1, 0.15) is 47.3 Å². The average molecular weight is 379 g/mol. The zero-order chi connectivity index (χ0) is 19.7. The second kappa shape index (κ2) is 7.50. The number of nitrogens with zero attached hydrogens (tertiary/aromatic N) is 4. The summed E-state index contributed by atoms with van der Waals surface area (Å²) in [5.41, 5.74) is 4.90. The molecule has 0 aliphatic carbocycles. The van der Waals surface area contributed by atoms with E-state index in [9.17, 15) is 4.79 Å². The molecule has 1 atom stereocenters. The van der Waals surface area contributed by atoms with Crippen LogP contribution >= 0.6 is 0 Å². The first-order chi connectivity index (χ1) is 13.5. The highest BCUT2D eigenvalue weighted by Gasteiger charge is 2.32. The number of likely N-dealkylation sites (tertiary alicyclic amines) is 1. The number of hydrogen-bond donors (Lipinski definition) is 1. The molecule has 146 valence electrons. The molecule has 0 saturated carbocycles. The highest BCUT2D eigenvalue weighted by atomic mass is 16.5. The van der Waals surface area contributed by atoms with Gasteiger partial charge in [0.15, 0.2) is 0 Å². The van der Waals surface area contributed by atoms with Gasteiger partial charge < -0.3 is 14.7 Å². The molecule has 1 fully saturated rings. The van der Waals surface area contributed by atoms with Gasteiger partial charge in [-0.15, -0.1) is 0 Å². The predicted molar refractivity (Wildman–Crippen MR) is 106 cm³/mol. The summed E-state index contributed by atoms with van der Waals surface area (Å²) >= 11 is 0. The van der Waals surface area contributed by atoms with Crippen molar-refractivity contribution in [3.8, 4) is 0 Å². The monoisotopic (exact) mass is 379 g/mol. The predicted octanol–water partition coefficient (Wildman–Crippen LogP) is 4.21. The highest BCUT2D eigenvalue weighted by molar-refractivity contribution is 5.89. The molecule has 0 unspecified atom stereocenters. The fourth-order valence-corrected chi connectivity index (χ4v) is 3.76. The van der Waals surface area contributed by atoms with E-state index in [0.717, 1.165) is 53.5 Å². The molecule has 1 N–H and O–H groups in total. The number of benzene rings is 1. The van der Waals surface area contributed by atoms with Gasteiger partial charge in [-0.2, -0.15) is 5.10 Å². The maximum atomic E-state index is 12.8. The number of anilines is 1. The second-order valence-electron chi connectivity index (χ2n) is 7.43. The lowest BCUT2D eigenvalue weighted by molar-refractivity contribution is 0.204. The van der Waals surface area contributed by atoms with Crippen LogP contribution in [0.4, 0.5) is 10.5 Å². The number of carbonyl (C=O) groups excluding carboxylic acids is 1. The van der Waals surface area contributed by atoms with Crippen molar-refractivity contribution in [3.63, 3.8) is 0 Å². The zero-order valence-electron chi connectivity index (χ0n) is 16.5. The van der Waals surface area contributed by atoms with Crippen molar-refractivity contribution in [1.82, 2.24) is 19.8 Å². The third-order valence-corrected chi connectivity index (χ3v) is 5.14. The van der Waals surface area contributed by atoms with Gasteiger partial charge in [-0.3, -0.25) is 4.68 Å². The largest absolute Gasteiger partial charge is 0.361 e. The molecule has 3 aromatic rings. The molecule has 1 aromatic carbocycles. The van der Waals surface area contributed by atoms with Crippen LogP contribution in [0.2, 0.25) is 0 Å². The summed E-state index contributed by atoms with van der Waals surface area (Å²) < 4.78 is 7.16. The van der Waals surface area contributed by atoms with E-state index in [2.05, 4.69) is 28.6 Å². The Kier molecular flexibility index (Phi) is 4.90. The highest BCUT2D eigenvalue weighted by Crippen LogP contribution is 2.32. The lowest BCUT2D eigenvalue weighted by Gasteiger charge is -2.23. The molecule has 28 heavy (non-hydrogen) atoms. The Labute approximate surface area is 164 Å². The molecule has 7 heteroatoms. The van der Waals surface area contributed by atoms with Crippen LogP contribution in [-0.2, 0) is 6.54 Å². The van der Waals surface area contributed by atoms with Gasteiger partial charge in [0.1, 0.15) is 11.5 Å². The molecule has 1 aliphatic rings. The Balaban J connectivity index is 1.41. The van der Waals surface area contributed by atoms with Gasteiger partial charge >= 0.3 is 6.03 Å². The minimum absolute atomic E-state index is 0.0252. The number of nitrogens with one attached hydrogen (secondary N) is 1. The van der Waals surface area contributed by atoms with Crippen molar-refractivity contribution in [3.05, 3.63) is 64.8 Å². The lowest BCUT2D eigenvalue weighted by Crippen LogP contribution is -2.34. The standard InChI is InChI=1S/C21H25N5O2/c1-14-11-15(2)26(23-14)13-17-6-8-18(9-7-17)22-21(27)25-10-4-5-20(25)19-12-16(3)28-24-19/h6-9,11-12,20H,4-5,10,13H2,1-3H3,(H,22,27)/t20-/m1/s1. The Bertz CT molecular complexity index is 973. The summed E-state index contributed by atoms with van der Waals surface area (Å²) in [6.45, 7) is 7.35. The van der Waals surface area contributed by atoms with Crippen molar-refractivity contribution in [2.75, 3.05) is 11.9 Å². The summed E-state index contributed by atoms with van der Waals surface area (Å²) in [4.78, 5) is 14.6. The number of aryl methyl sites for hydroxylation is 3. The van der Waals surface area contributed by atoms with Crippen LogP contribution < -0.4 is 5.32 Å². The molecule has 7 nitrogen and oxygen atoms in total. The van der Waals surface area contributed by atoms with Gasteiger partial charge in [-0.05, 0) is 57.4 Å². The van der Waals surface area contributed by atoms with E-state index >= 15 is 0 Å². The Morgan fingerprint density at radius 3 is 2.64 bits per heavy atom. The quantitative estimate of drug-likeness (QED) is 0.737. The molecule has 2 amide bonds. The summed E-state index contributed by atoms with van der Waals surface area (Å²) in [6.07, 6.45) is 1.87. The number of hydrogen-bond acceptors (Lipinski definition) is 4. The van der Waals surface area contributed by atoms with Gasteiger partial charge in [0.2, 0.25) is 0 Å². The lowest BCUT2D eigenvalue weighted by atomic mass is 10.1. The first-order valence-electron chi connectivity index (χ1n) is 9.60. The fourth-order valence-electron chi connectivity index (χ4n) is 3.76. The van der Waals surface area contributed by atoms with Crippen LogP contribution in [0.5, 0.6) is 0 Å². The van der Waals surface area contributed by atoms with Gasteiger partial charge in [-0.1, -0.05) is 17.3 Å². The third-order valence-electron chi connectivity index (χ3n) is 5.14. The van der Waals surface area contributed by atoms with E-state index in [1.54, 1.807) is 0 Å². The Hall–Kier alpha value is -3.09. The first-order valence-corrected chi connectivity index (χ1v) is 9.60. The van der Waals surface area contributed by atoms with E-state index in [0.29, 0.717) is 6.54 Å². The number of carbonyl (C=O) groups is 1. The SMILES string of the molecule is Cc1cc(C)n(Cc2ccc(NC(=O)N3CCC[C@@H]3c3cc(C)on3)cc2)n1. The molecule has 0 spiro atoms. The molecule has 0 bridgehead atoms. The number of rotatable bonds is 4. The van der Waals surface area contributed by atoms with E-state index < -0.39 is 0 Å². The van der Waals surface area contributed by atoms with Gasteiger partial charge in [0.25, 0.3) is 0 Å². The smallest absolute Gasteiger partial charge is 0.322 e. The fraction of sp³-hybridized carbons (Fsp3) is 0.381. The molecular weight excluding hydrogens is 354 g/mol.